The van der Waals surface area contributed by atoms with Crippen molar-refractivity contribution in [1.82, 2.24) is 10.2 Å². The highest BCUT2D eigenvalue weighted by Gasteiger charge is 2.34. The summed E-state index contributed by atoms with van der Waals surface area (Å²) in [4.78, 5) is 23.5. The minimum absolute atomic E-state index is 0.111. The number of alkyl halides is 1. The van der Waals surface area contributed by atoms with Crippen LogP contribution in [0.4, 0.5) is 25.0 Å². The second-order valence-corrected chi connectivity index (χ2v) is 13.0. The highest BCUT2D eigenvalue weighted by atomic mass is 35.5. The van der Waals surface area contributed by atoms with Gasteiger partial charge in [-0.1, -0.05) is 66.2 Å². The third-order valence-corrected chi connectivity index (χ3v) is 9.31. The maximum Gasteiger partial charge on any atom is 0.407 e. The Kier molecular flexibility index (Phi) is 10.5. The number of phenols is 2. The highest BCUT2D eigenvalue weighted by molar-refractivity contribution is 6.24. The number of phenolic OH excluding ortho intramolecular Hbond substituents is 2. The lowest BCUT2D eigenvalue weighted by Gasteiger charge is -2.31. The van der Waals surface area contributed by atoms with Crippen molar-refractivity contribution in [1.29, 1.82) is 0 Å². The van der Waals surface area contributed by atoms with Crippen molar-refractivity contribution in [2.24, 2.45) is 9.98 Å². The molecule has 0 radical (unpaired) electrons. The van der Waals surface area contributed by atoms with Crippen LogP contribution in [0.1, 0.15) is 45.9 Å². The fourth-order valence-corrected chi connectivity index (χ4v) is 6.64. The molecular formula is C40H35ClF2N6O4. The predicted octanol–water partition coefficient (Wildman–Crippen LogP) is 8.04. The van der Waals surface area contributed by atoms with Crippen molar-refractivity contribution in [2.45, 2.75) is 30.7 Å². The van der Waals surface area contributed by atoms with Crippen LogP contribution in [0.3, 0.4) is 0 Å². The fraction of sp³-hybridized carbons (Fsp3) is 0.175. The van der Waals surface area contributed by atoms with Crippen molar-refractivity contribution in [3.63, 3.8) is 0 Å². The van der Waals surface area contributed by atoms with Crippen LogP contribution in [-0.4, -0.2) is 52.0 Å². The number of ether oxygens (including phenoxy) is 1. The summed E-state index contributed by atoms with van der Waals surface area (Å²) < 4.78 is 32.6. The summed E-state index contributed by atoms with van der Waals surface area (Å²) in [5.41, 5.74) is 4.09. The third-order valence-electron chi connectivity index (χ3n) is 8.98. The Balaban J connectivity index is 0.000000193. The molecule has 13 heteroatoms. The molecule has 0 aromatic heterocycles. The van der Waals surface area contributed by atoms with E-state index in [0.717, 1.165) is 17.7 Å². The molecule has 3 aliphatic rings. The standard InChI is InChI=1S/C26H25FN4O3.C14H10ClFN2O/c27-18-10-11-22-21(14-18)25(30-24(29-22)20-8-4-5-9-23(20)32)31-13-12-19(15-31)28-26(33)34-16-17-6-2-1-3-7-17;15-13-10-7-8(16)5-6-11(10)17-14(18-13)9-3-1-2-4-12(9)19/h1-11,14,19,25,32H,12-13,15-16H2,(H,28,33)(H,29,30);1-7,13,19H,(H,17,18)/t19-,25?;/m1./s1. The van der Waals surface area contributed by atoms with E-state index in [4.69, 9.17) is 21.3 Å². The quantitative estimate of drug-likeness (QED) is 0.0881. The lowest BCUT2D eigenvalue weighted by molar-refractivity contribution is 0.135. The number of nitrogens with zero attached hydrogens (tertiary/aromatic N) is 3. The Morgan fingerprint density at radius 2 is 1.36 bits per heavy atom. The second-order valence-electron chi connectivity index (χ2n) is 12.6. The van der Waals surface area contributed by atoms with Crippen molar-refractivity contribution in [3.05, 3.63) is 155 Å². The van der Waals surface area contributed by atoms with E-state index < -0.39 is 17.8 Å². The van der Waals surface area contributed by atoms with E-state index >= 15 is 0 Å². The zero-order chi connectivity index (χ0) is 36.9. The monoisotopic (exact) mass is 736 g/mol. The first kappa shape index (κ1) is 35.4. The fourth-order valence-electron chi connectivity index (χ4n) is 6.36. The molecule has 3 heterocycles. The van der Waals surface area contributed by atoms with E-state index in [1.807, 2.05) is 36.4 Å². The number of nitrogens with one attached hydrogen (secondary N) is 3. The van der Waals surface area contributed by atoms with Crippen LogP contribution in [0.15, 0.2) is 125 Å². The summed E-state index contributed by atoms with van der Waals surface area (Å²) in [5.74, 6) is 0.513. The molecule has 5 aromatic carbocycles. The Labute approximate surface area is 309 Å². The summed E-state index contributed by atoms with van der Waals surface area (Å²) in [5, 5.41) is 29.3. The van der Waals surface area contributed by atoms with Gasteiger partial charge >= 0.3 is 6.09 Å². The van der Waals surface area contributed by atoms with E-state index in [0.29, 0.717) is 52.7 Å². The van der Waals surface area contributed by atoms with Crippen LogP contribution < -0.4 is 16.0 Å². The number of carbonyl (C=O) groups is 1. The van der Waals surface area contributed by atoms with Gasteiger partial charge in [-0.25, -0.2) is 23.6 Å². The number of aromatic hydroxyl groups is 2. The van der Waals surface area contributed by atoms with E-state index in [2.05, 4.69) is 25.8 Å². The molecule has 3 atom stereocenters. The lowest BCUT2D eigenvalue weighted by Crippen LogP contribution is -2.38. The van der Waals surface area contributed by atoms with Gasteiger partial charge in [0, 0.05) is 41.6 Å². The number of amides is 1. The first-order valence-corrected chi connectivity index (χ1v) is 17.4. The van der Waals surface area contributed by atoms with Crippen LogP contribution in [0.25, 0.3) is 0 Å². The minimum atomic E-state index is -0.679. The highest BCUT2D eigenvalue weighted by Crippen LogP contribution is 2.38. The summed E-state index contributed by atoms with van der Waals surface area (Å²) in [7, 11) is 0. The van der Waals surface area contributed by atoms with Gasteiger partial charge in [0.25, 0.3) is 0 Å². The summed E-state index contributed by atoms with van der Waals surface area (Å²) >= 11 is 6.14. The zero-order valence-corrected chi connectivity index (χ0v) is 29.0. The summed E-state index contributed by atoms with van der Waals surface area (Å²) in [6.45, 7) is 1.42. The Morgan fingerprint density at radius 3 is 2.00 bits per heavy atom. The maximum atomic E-state index is 14.1. The largest absolute Gasteiger partial charge is 0.507 e. The first-order valence-electron chi connectivity index (χ1n) is 16.9. The molecule has 1 amide bonds. The number of amidine groups is 2. The number of hydrogen-bond donors (Lipinski definition) is 5. The summed E-state index contributed by atoms with van der Waals surface area (Å²) in [6.07, 6.45) is -0.198. The van der Waals surface area contributed by atoms with Gasteiger partial charge in [-0.15, -0.1) is 0 Å². The molecule has 10 nitrogen and oxygen atoms in total. The Bertz CT molecular complexity index is 2190. The smallest absolute Gasteiger partial charge is 0.407 e. The number of aliphatic imine (C=N–C) groups is 2. The molecule has 0 aliphatic carbocycles. The number of fused-ring (bicyclic) bond motifs is 2. The number of rotatable bonds is 6. The van der Waals surface area contributed by atoms with E-state index in [-0.39, 0.29) is 35.8 Å². The van der Waals surface area contributed by atoms with Crippen molar-refractivity contribution in [3.8, 4) is 11.5 Å². The van der Waals surface area contributed by atoms with Crippen molar-refractivity contribution < 1.29 is 28.5 Å². The molecule has 270 valence electrons. The van der Waals surface area contributed by atoms with Crippen LogP contribution in [-0.2, 0) is 11.3 Å². The van der Waals surface area contributed by atoms with Gasteiger partial charge in [-0.05, 0) is 72.6 Å². The topological polar surface area (TPSA) is 131 Å². The first-order chi connectivity index (χ1) is 25.7. The van der Waals surface area contributed by atoms with E-state index in [1.165, 1.54) is 24.3 Å². The molecule has 53 heavy (non-hydrogen) atoms. The zero-order valence-electron chi connectivity index (χ0n) is 28.2. The number of halogens is 3. The normalized spacial score (nSPS) is 18.8. The number of hydrogen-bond acceptors (Lipinski definition) is 9. The molecule has 1 fully saturated rings. The molecular weight excluding hydrogens is 702 g/mol. The molecule has 8 rings (SSSR count). The minimum Gasteiger partial charge on any atom is -0.507 e. The van der Waals surface area contributed by atoms with Gasteiger partial charge in [0.2, 0.25) is 0 Å². The van der Waals surface area contributed by atoms with Crippen LogP contribution in [0, 0.1) is 11.6 Å². The average Bonchev–Trinajstić information content (AvgIpc) is 3.63. The third kappa shape index (κ3) is 8.24. The lowest BCUT2D eigenvalue weighted by atomic mass is 10.0. The number of para-hydroxylation sites is 2. The van der Waals surface area contributed by atoms with Crippen molar-refractivity contribution in [2.75, 3.05) is 23.7 Å². The van der Waals surface area contributed by atoms with Gasteiger partial charge in [0.1, 0.15) is 47.6 Å². The Morgan fingerprint density at radius 1 is 0.792 bits per heavy atom. The maximum absolute atomic E-state index is 14.1. The molecule has 3 aliphatic heterocycles. The number of carbonyl (C=O) groups excluding carboxylic acids is 1. The number of alkyl carbamates (subject to hydrolysis) is 1. The van der Waals surface area contributed by atoms with Gasteiger partial charge in [-0.2, -0.15) is 0 Å². The number of benzene rings is 5. The number of anilines is 2. The van der Waals surface area contributed by atoms with Gasteiger partial charge in [0.15, 0.2) is 5.50 Å². The molecule has 0 saturated carbocycles. The van der Waals surface area contributed by atoms with Gasteiger partial charge in [0.05, 0.1) is 11.1 Å². The average molecular weight is 737 g/mol. The molecule has 1 saturated heterocycles. The molecule has 0 bridgehead atoms. The van der Waals surface area contributed by atoms with Gasteiger partial charge < -0.3 is 30.9 Å². The second kappa shape index (κ2) is 15.7. The summed E-state index contributed by atoms with van der Waals surface area (Å²) in [6, 6.07) is 32.0. The van der Waals surface area contributed by atoms with Crippen molar-refractivity contribution >= 4 is 40.7 Å². The number of likely N-dealkylation sites (tertiary alicyclic amines) is 1. The molecule has 0 spiro atoms. The molecule has 5 aromatic rings. The van der Waals surface area contributed by atoms with E-state index in [1.54, 1.807) is 54.6 Å². The van der Waals surface area contributed by atoms with Crippen LogP contribution in [0.2, 0.25) is 0 Å². The van der Waals surface area contributed by atoms with Crippen LogP contribution >= 0.6 is 11.6 Å². The molecule has 2 unspecified atom stereocenters. The van der Waals surface area contributed by atoms with Gasteiger partial charge in [-0.3, -0.25) is 4.90 Å². The van der Waals surface area contributed by atoms with Crippen LogP contribution in [0.5, 0.6) is 11.5 Å². The van der Waals surface area contributed by atoms with E-state index in [9.17, 15) is 23.8 Å². The SMILES string of the molecule is O=C(N[C@@H]1CCN(C2N=C(c3ccccc3O)Nc3ccc(F)cc32)C1)OCc1ccccc1.Oc1ccccc1C1=NC(Cl)c2cc(F)ccc2N1. The predicted molar refractivity (Wildman–Crippen MR) is 200 cm³/mol. The Hall–Kier alpha value is -5.98. The molecule has 5 N–H and O–H groups in total.